The first-order valence-corrected chi connectivity index (χ1v) is 27.7. The molecule has 0 aliphatic carbocycles. The number of aliphatic hydroxyl groups excluding tert-OH is 1. The molecule has 0 saturated heterocycles. The van der Waals surface area contributed by atoms with Gasteiger partial charge in [0.05, 0.1) is 12.6 Å². The quantitative estimate of drug-likeness (QED) is 0.0473. The minimum atomic E-state index is -0.0686. The molecule has 0 radical (unpaired) electrons. The Balaban J connectivity index is 3.36. The van der Waals surface area contributed by atoms with Crippen LogP contribution >= 0.6 is 0 Å². The Morgan fingerprint density at radius 1 is 0.367 bits per heavy atom. The summed E-state index contributed by atoms with van der Waals surface area (Å²) in [5.74, 6) is 0.621. The van der Waals surface area contributed by atoms with Gasteiger partial charge in [-0.25, -0.2) is 0 Å². The maximum absolute atomic E-state index is 12.4. The Bertz CT molecular complexity index is 871. The Morgan fingerprint density at radius 3 is 0.950 bits per heavy atom. The van der Waals surface area contributed by atoms with Gasteiger partial charge in [-0.1, -0.05) is 264 Å². The average Bonchev–Trinajstić information content (AvgIpc) is 3.25. The van der Waals surface area contributed by atoms with Crippen LogP contribution in [0.15, 0.2) is 12.2 Å². The average molecular weight is 844 g/mol. The highest BCUT2D eigenvalue weighted by atomic mass is 16.3. The molecular formula is C56H109NO3. The fourth-order valence-electron chi connectivity index (χ4n) is 8.87. The van der Waals surface area contributed by atoms with Crippen molar-refractivity contribution in [3.63, 3.8) is 0 Å². The number of hydrogen-bond acceptors (Lipinski definition) is 3. The lowest BCUT2D eigenvalue weighted by atomic mass is 10.0. The summed E-state index contributed by atoms with van der Waals surface area (Å²) in [6.07, 6.45) is 65.9. The van der Waals surface area contributed by atoms with E-state index in [1.165, 1.54) is 250 Å². The molecule has 0 heterocycles. The summed E-state index contributed by atoms with van der Waals surface area (Å²) in [5, 5.41) is 12.8. The Labute approximate surface area is 377 Å². The molecule has 0 spiro atoms. The van der Waals surface area contributed by atoms with Crippen LogP contribution in [0.4, 0.5) is 0 Å². The van der Waals surface area contributed by atoms with Crippen molar-refractivity contribution in [2.45, 2.75) is 328 Å². The van der Waals surface area contributed by atoms with Gasteiger partial charge in [0, 0.05) is 19.3 Å². The van der Waals surface area contributed by atoms with E-state index >= 15 is 0 Å². The lowest BCUT2D eigenvalue weighted by Gasteiger charge is -2.16. The van der Waals surface area contributed by atoms with Crippen molar-refractivity contribution in [2.75, 3.05) is 6.61 Å². The van der Waals surface area contributed by atoms with Crippen molar-refractivity contribution >= 4 is 11.7 Å². The zero-order chi connectivity index (χ0) is 43.5. The predicted molar refractivity (Wildman–Crippen MR) is 266 cm³/mol. The third-order valence-corrected chi connectivity index (χ3v) is 13.1. The second-order valence-electron chi connectivity index (χ2n) is 19.2. The molecule has 4 heteroatoms. The molecule has 2 N–H and O–H groups in total. The van der Waals surface area contributed by atoms with Gasteiger partial charge >= 0.3 is 0 Å². The second-order valence-corrected chi connectivity index (χ2v) is 19.2. The first-order chi connectivity index (χ1) is 29.6. The van der Waals surface area contributed by atoms with Crippen molar-refractivity contribution in [3.8, 4) is 0 Å². The van der Waals surface area contributed by atoms with Gasteiger partial charge in [-0.3, -0.25) is 9.59 Å². The topological polar surface area (TPSA) is 66.4 Å². The van der Waals surface area contributed by atoms with Crippen molar-refractivity contribution in [1.29, 1.82) is 0 Å². The molecule has 0 aliphatic heterocycles. The van der Waals surface area contributed by atoms with Crippen LogP contribution < -0.4 is 5.32 Å². The number of hydrogen-bond donors (Lipinski definition) is 2. The molecule has 0 bridgehead atoms. The number of carbonyl (C=O) groups is 2. The molecule has 1 atom stereocenters. The monoisotopic (exact) mass is 844 g/mol. The largest absolute Gasteiger partial charge is 0.394 e. The standard InChI is InChI=1S/C56H109NO3/c1-3-5-7-9-11-13-15-17-19-20-21-22-23-26-30-34-38-42-46-50-55(59)51-47-43-39-35-31-27-24-28-32-36-40-44-48-52-56(60)57-54(53-58)49-45-41-37-33-29-25-18-16-14-12-10-8-6-4-2/h17,19,54,58H,3-16,18,20-53H2,1-2H3,(H,57,60)/t54-/m1/s1. The number of rotatable bonds is 52. The molecule has 1 amide bonds. The highest BCUT2D eigenvalue weighted by Gasteiger charge is 2.11. The summed E-state index contributed by atoms with van der Waals surface area (Å²) in [6.45, 7) is 4.63. The van der Waals surface area contributed by atoms with Gasteiger partial charge in [0.15, 0.2) is 0 Å². The summed E-state index contributed by atoms with van der Waals surface area (Å²) in [5.41, 5.74) is 0. The van der Waals surface area contributed by atoms with Gasteiger partial charge < -0.3 is 10.4 Å². The number of unbranched alkanes of at least 4 members (excludes halogenated alkanes) is 40. The van der Waals surface area contributed by atoms with Crippen LogP contribution in [-0.4, -0.2) is 29.4 Å². The number of amides is 1. The SMILES string of the molecule is CCCCCCCCC=CCCCCCCCCCCCC(=O)CCCCCCCCCCCCCCCC(=O)N[C@@H](CO)CCCCCCCCCCCCCCCC. The van der Waals surface area contributed by atoms with Gasteiger partial charge in [0.2, 0.25) is 5.91 Å². The number of nitrogens with one attached hydrogen (secondary N) is 1. The number of allylic oxidation sites excluding steroid dienone is 2. The normalized spacial score (nSPS) is 12.2. The lowest BCUT2D eigenvalue weighted by molar-refractivity contribution is -0.122. The van der Waals surface area contributed by atoms with E-state index in [1.807, 2.05) is 0 Å². The van der Waals surface area contributed by atoms with Crippen LogP contribution in [-0.2, 0) is 9.59 Å². The predicted octanol–water partition coefficient (Wildman–Crippen LogP) is 18.4. The fraction of sp³-hybridized carbons (Fsp3) is 0.929. The lowest BCUT2D eigenvalue weighted by Crippen LogP contribution is -2.37. The molecule has 0 aromatic heterocycles. The molecule has 4 nitrogen and oxygen atoms in total. The number of ketones is 1. The van der Waals surface area contributed by atoms with Gasteiger partial charge in [-0.15, -0.1) is 0 Å². The van der Waals surface area contributed by atoms with Crippen LogP contribution in [0.25, 0.3) is 0 Å². The maximum atomic E-state index is 12.4. The Morgan fingerprint density at radius 2 is 0.633 bits per heavy atom. The molecule has 0 unspecified atom stereocenters. The van der Waals surface area contributed by atoms with E-state index in [4.69, 9.17) is 0 Å². The first-order valence-electron chi connectivity index (χ1n) is 27.7. The van der Waals surface area contributed by atoms with E-state index in [0.29, 0.717) is 12.2 Å². The first kappa shape index (κ1) is 58.8. The summed E-state index contributed by atoms with van der Waals surface area (Å²) in [4.78, 5) is 24.7. The fourth-order valence-corrected chi connectivity index (χ4v) is 8.87. The van der Waals surface area contributed by atoms with E-state index in [-0.39, 0.29) is 18.6 Å². The van der Waals surface area contributed by atoms with Gasteiger partial charge in [0.25, 0.3) is 0 Å². The molecule has 0 rings (SSSR count). The minimum absolute atomic E-state index is 0.0595. The zero-order valence-corrected chi connectivity index (χ0v) is 41.1. The van der Waals surface area contributed by atoms with Gasteiger partial charge in [-0.2, -0.15) is 0 Å². The summed E-state index contributed by atoms with van der Waals surface area (Å²) in [6, 6.07) is -0.0686. The number of carbonyl (C=O) groups excluding carboxylic acids is 2. The number of Topliss-reactive ketones (excluding diaryl/α,β-unsaturated/α-hetero) is 1. The Kier molecular flexibility index (Phi) is 51.2. The highest BCUT2D eigenvalue weighted by Crippen LogP contribution is 2.17. The van der Waals surface area contributed by atoms with Crippen molar-refractivity contribution in [2.24, 2.45) is 0 Å². The van der Waals surface area contributed by atoms with E-state index < -0.39 is 0 Å². The third-order valence-electron chi connectivity index (χ3n) is 13.1. The van der Waals surface area contributed by atoms with Crippen molar-refractivity contribution < 1.29 is 14.7 Å². The number of aliphatic hydroxyl groups is 1. The summed E-state index contributed by atoms with van der Waals surface area (Å²) < 4.78 is 0. The third kappa shape index (κ3) is 49.5. The van der Waals surface area contributed by atoms with Crippen LogP contribution in [0.3, 0.4) is 0 Å². The highest BCUT2D eigenvalue weighted by molar-refractivity contribution is 5.78. The molecule has 0 aromatic rings. The van der Waals surface area contributed by atoms with Crippen molar-refractivity contribution in [1.82, 2.24) is 5.32 Å². The molecule has 356 valence electrons. The molecular weight excluding hydrogens is 735 g/mol. The second kappa shape index (κ2) is 52.2. The molecule has 0 aromatic carbocycles. The Hall–Kier alpha value is -1.16. The van der Waals surface area contributed by atoms with E-state index in [0.717, 1.165) is 51.4 Å². The molecule has 0 aliphatic rings. The maximum Gasteiger partial charge on any atom is 0.220 e. The van der Waals surface area contributed by atoms with E-state index in [9.17, 15) is 14.7 Å². The van der Waals surface area contributed by atoms with Crippen LogP contribution in [0.1, 0.15) is 322 Å². The van der Waals surface area contributed by atoms with Crippen molar-refractivity contribution in [3.05, 3.63) is 12.2 Å². The molecule has 0 saturated carbocycles. The van der Waals surface area contributed by atoms with Gasteiger partial charge in [-0.05, 0) is 51.4 Å². The zero-order valence-electron chi connectivity index (χ0n) is 41.1. The summed E-state index contributed by atoms with van der Waals surface area (Å²) >= 11 is 0. The van der Waals surface area contributed by atoms with Gasteiger partial charge in [0.1, 0.15) is 5.78 Å². The van der Waals surface area contributed by atoms with E-state index in [2.05, 4.69) is 31.3 Å². The van der Waals surface area contributed by atoms with Crippen LogP contribution in [0, 0.1) is 0 Å². The summed E-state index contributed by atoms with van der Waals surface area (Å²) in [7, 11) is 0. The smallest absolute Gasteiger partial charge is 0.220 e. The van der Waals surface area contributed by atoms with E-state index in [1.54, 1.807) is 0 Å². The minimum Gasteiger partial charge on any atom is -0.394 e. The molecule has 0 fully saturated rings. The van der Waals surface area contributed by atoms with Crippen LogP contribution in [0.5, 0.6) is 0 Å². The van der Waals surface area contributed by atoms with Crippen LogP contribution in [0.2, 0.25) is 0 Å². The molecule has 60 heavy (non-hydrogen) atoms.